The van der Waals surface area contributed by atoms with Gasteiger partial charge in [-0.25, -0.2) is 0 Å². The molecule has 2 nitrogen and oxygen atoms in total. The molecule has 104 valence electrons. The van der Waals surface area contributed by atoms with Gasteiger partial charge in [0.2, 0.25) is 0 Å². The van der Waals surface area contributed by atoms with Crippen molar-refractivity contribution in [1.82, 2.24) is 0 Å². The molecule has 1 heterocycles. The van der Waals surface area contributed by atoms with E-state index in [4.69, 9.17) is 4.74 Å². The van der Waals surface area contributed by atoms with Gasteiger partial charge < -0.3 is 10.1 Å². The predicted molar refractivity (Wildman–Crippen MR) is 83.7 cm³/mol. The molecule has 0 bridgehead atoms. The molecule has 1 aliphatic heterocycles. The fraction of sp³-hybridized carbons (Fsp3) is 0.333. The van der Waals surface area contributed by atoms with Crippen molar-refractivity contribution in [2.24, 2.45) is 0 Å². The second-order valence-corrected chi connectivity index (χ2v) is 5.68. The third-order valence-corrected chi connectivity index (χ3v) is 4.08. The molecular weight excluding hydrogens is 246 g/mol. The standard InChI is InChI=1S/C18H21NO/c1-12-7-8-18-15(9-12)10-16(20-18)11-19-17-6-4-5-13(2)14(17)3/h4-9,16,19H,10-11H2,1-3H3. The average molecular weight is 267 g/mol. The summed E-state index contributed by atoms with van der Waals surface area (Å²) >= 11 is 0. The molecule has 0 saturated heterocycles. The summed E-state index contributed by atoms with van der Waals surface area (Å²) in [5, 5.41) is 3.52. The lowest BCUT2D eigenvalue weighted by molar-refractivity contribution is 0.246. The van der Waals surface area contributed by atoms with Gasteiger partial charge in [0.15, 0.2) is 0 Å². The molecule has 0 aliphatic carbocycles. The van der Waals surface area contributed by atoms with E-state index in [-0.39, 0.29) is 6.10 Å². The van der Waals surface area contributed by atoms with Crippen molar-refractivity contribution in [1.29, 1.82) is 0 Å². The zero-order valence-corrected chi connectivity index (χ0v) is 12.4. The maximum absolute atomic E-state index is 5.99. The van der Waals surface area contributed by atoms with Crippen LogP contribution in [0.3, 0.4) is 0 Å². The van der Waals surface area contributed by atoms with Crippen LogP contribution in [-0.4, -0.2) is 12.6 Å². The van der Waals surface area contributed by atoms with Crippen LogP contribution in [0.25, 0.3) is 0 Å². The van der Waals surface area contributed by atoms with Gasteiger partial charge in [-0.2, -0.15) is 0 Å². The SMILES string of the molecule is Cc1ccc2c(c1)CC(CNc1cccc(C)c1C)O2. The van der Waals surface area contributed by atoms with E-state index in [0.29, 0.717) is 0 Å². The van der Waals surface area contributed by atoms with Gasteiger partial charge in [-0.3, -0.25) is 0 Å². The van der Waals surface area contributed by atoms with Gasteiger partial charge in [0.1, 0.15) is 11.9 Å². The number of rotatable bonds is 3. The van der Waals surface area contributed by atoms with Crippen LogP contribution in [0, 0.1) is 20.8 Å². The van der Waals surface area contributed by atoms with Crippen molar-refractivity contribution >= 4 is 5.69 Å². The molecule has 1 N–H and O–H groups in total. The van der Waals surface area contributed by atoms with E-state index >= 15 is 0 Å². The number of aryl methyl sites for hydroxylation is 2. The highest BCUT2D eigenvalue weighted by molar-refractivity contribution is 5.54. The van der Waals surface area contributed by atoms with E-state index in [2.05, 4.69) is 62.5 Å². The minimum atomic E-state index is 0.228. The fourth-order valence-corrected chi connectivity index (χ4v) is 2.73. The van der Waals surface area contributed by atoms with E-state index in [1.165, 1.54) is 27.9 Å². The highest BCUT2D eigenvalue weighted by atomic mass is 16.5. The van der Waals surface area contributed by atoms with Gasteiger partial charge in [0.25, 0.3) is 0 Å². The third kappa shape index (κ3) is 2.51. The normalized spacial score (nSPS) is 16.6. The average Bonchev–Trinajstić information content (AvgIpc) is 2.82. The first-order valence-electron chi connectivity index (χ1n) is 7.20. The molecule has 1 atom stereocenters. The Hall–Kier alpha value is -1.96. The summed E-state index contributed by atoms with van der Waals surface area (Å²) in [6, 6.07) is 12.8. The van der Waals surface area contributed by atoms with Crippen molar-refractivity contribution in [3.8, 4) is 5.75 Å². The number of hydrogen-bond donors (Lipinski definition) is 1. The molecule has 20 heavy (non-hydrogen) atoms. The molecule has 0 fully saturated rings. The van der Waals surface area contributed by atoms with Crippen molar-refractivity contribution in [2.75, 3.05) is 11.9 Å². The topological polar surface area (TPSA) is 21.3 Å². The van der Waals surface area contributed by atoms with Crippen LogP contribution in [0.5, 0.6) is 5.75 Å². The number of benzene rings is 2. The Morgan fingerprint density at radius 1 is 1.15 bits per heavy atom. The van der Waals surface area contributed by atoms with Gasteiger partial charge in [-0.05, 0) is 49.6 Å². The third-order valence-electron chi connectivity index (χ3n) is 4.08. The number of nitrogens with one attached hydrogen (secondary N) is 1. The molecule has 0 saturated carbocycles. The van der Waals surface area contributed by atoms with E-state index in [1.54, 1.807) is 0 Å². The number of ether oxygens (including phenoxy) is 1. The summed E-state index contributed by atoms with van der Waals surface area (Å²) in [6.07, 6.45) is 1.22. The highest BCUT2D eigenvalue weighted by Gasteiger charge is 2.22. The molecule has 0 aromatic heterocycles. The van der Waals surface area contributed by atoms with Crippen molar-refractivity contribution in [3.05, 3.63) is 58.7 Å². The summed E-state index contributed by atoms with van der Waals surface area (Å²) < 4.78 is 5.99. The molecule has 2 aromatic carbocycles. The van der Waals surface area contributed by atoms with Crippen LogP contribution in [-0.2, 0) is 6.42 Å². The molecule has 1 unspecified atom stereocenters. The lowest BCUT2D eigenvalue weighted by Gasteiger charge is -2.15. The Kier molecular flexibility index (Phi) is 3.39. The van der Waals surface area contributed by atoms with Crippen LogP contribution < -0.4 is 10.1 Å². The number of anilines is 1. The summed E-state index contributed by atoms with van der Waals surface area (Å²) in [4.78, 5) is 0. The lowest BCUT2D eigenvalue weighted by Crippen LogP contribution is -2.24. The minimum absolute atomic E-state index is 0.228. The molecule has 0 radical (unpaired) electrons. The van der Waals surface area contributed by atoms with Crippen LogP contribution >= 0.6 is 0 Å². The quantitative estimate of drug-likeness (QED) is 0.906. The van der Waals surface area contributed by atoms with Gasteiger partial charge in [-0.15, -0.1) is 0 Å². The molecule has 2 aromatic rings. The predicted octanol–water partition coefficient (Wildman–Crippen LogP) is 4.03. The largest absolute Gasteiger partial charge is 0.488 e. The van der Waals surface area contributed by atoms with Crippen molar-refractivity contribution in [3.63, 3.8) is 0 Å². The van der Waals surface area contributed by atoms with Gasteiger partial charge in [0.05, 0.1) is 6.54 Å². The first-order valence-corrected chi connectivity index (χ1v) is 7.20. The second-order valence-electron chi connectivity index (χ2n) is 5.68. The Balaban J connectivity index is 1.65. The zero-order valence-electron chi connectivity index (χ0n) is 12.4. The number of hydrogen-bond acceptors (Lipinski definition) is 2. The fourth-order valence-electron chi connectivity index (χ4n) is 2.73. The summed E-state index contributed by atoms with van der Waals surface area (Å²) in [6.45, 7) is 7.27. The highest BCUT2D eigenvalue weighted by Crippen LogP contribution is 2.29. The van der Waals surface area contributed by atoms with Crippen LogP contribution in [0.2, 0.25) is 0 Å². The van der Waals surface area contributed by atoms with Crippen molar-refractivity contribution in [2.45, 2.75) is 33.3 Å². The van der Waals surface area contributed by atoms with Gasteiger partial charge in [0, 0.05) is 12.1 Å². The lowest BCUT2D eigenvalue weighted by atomic mass is 10.1. The number of fused-ring (bicyclic) bond motifs is 1. The molecule has 0 spiro atoms. The molecule has 1 aliphatic rings. The van der Waals surface area contributed by atoms with Gasteiger partial charge in [-0.1, -0.05) is 29.8 Å². The summed E-state index contributed by atoms with van der Waals surface area (Å²) in [5.41, 5.74) is 6.48. The summed E-state index contributed by atoms with van der Waals surface area (Å²) in [7, 11) is 0. The molecular formula is C18H21NO. The van der Waals surface area contributed by atoms with E-state index < -0.39 is 0 Å². The first-order chi connectivity index (χ1) is 9.63. The van der Waals surface area contributed by atoms with E-state index in [1.807, 2.05) is 0 Å². The Labute approximate surface area is 120 Å². The Morgan fingerprint density at radius 2 is 2.00 bits per heavy atom. The molecule has 3 rings (SSSR count). The Bertz CT molecular complexity index is 633. The van der Waals surface area contributed by atoms with Crippen molar-refractivity contribution < 1.29 is 4.74 Å². The maximum atomic E-state index is 5.99. The maximum Gasteiger partial charge on any atom is 0.123 e. The molecule has 2 heteroatoms. The smallest absolute Gasteiger partial charge is 0.123 e. The Morgan fingerprint density at radius 3 is 2.85 bits per heavy atom. The van der Waals surface area contributed by atoms with E-state index in [9.17, 15) is 0 Å². The first kappa shape index (κ1) is 13.0. The monoisotopic (exact) mass is 267 g/mol. The second kappa shape index (κ2) is 5.20. The zero-order chi connectivity index (χ0) is 14.1. The summed E-state index contributed by atoms with van der Waals surface area (Å²) in [5.74, 6) is 1.04. The van der Waals surface area contributed by atoms with Crippen LogP contribution in [0.15, 0.2) is 36.4 Å². The van der Waals surface area contributed by atoms with E-state index in [0.717, 1.165) is 18.7 Å². The van der Waals surface area contributed by atoms with Crippen LogP contribution in [0.1, 0.15) is 22.3 Å². The molecule has 0 amide bonds. The van der Waals surface area contributed by atoms with Crippen LogP contribution in [0.4, 0.5) is 5.69 Å². The minimum Gasteiger partial charge on any atom is -0.488 e. The van der Waals surface area contributed by atoms with Gasteiger partial charge >= 0.3 is 0 Å².